The minimum absolute atomic E-state index is 0.124. The van der Waals surface area contributed by atoms with E-state index in [-0.39, 0.29) is 12.1 Å². The van der Waals surface area contributed by atoms with Gasteiger partial charge >= 0.3 is 0 Å². The van der Waals surface area contributed by atoms with Crippen LogP contribution in [0.2, 0.25) is 0 Å². The summed E-state index contributed by atoms with van der Waals surface area (Å²) in [7, 11) is 1.72. The Bertz CT molecular complexity index is 833. The third kappa shape index (κ3) is 3.16. The largest absolute Gasteiger partial charge is 0.492 e. The van der Waals surface area contributed by atoms with Crippen LogP contribution in [-0.4, -0.2) is 20.3 Å². The van der Waals surface area contributed by atoms with Crippen molar-refractivity contribution in [3.05, 3.63) is 52.6 Å². The Balaban J connectivity index is 1.83. The fraction of sp³-hybridized carbons (Fsp3) is 0.478. The van der Waals surface area contributed by atoms with Gasteiger partial charge < -0.3 is 19.5 Å². The van der Waals surface area contributed by atoms with E-state index in [0.29, 0.717) is 12.5 Å². The van der Waals surface area contributed by atoms with E-state index in [4.69, 9.17) is 14.2 Å². The van der Waals surface area contributed by atoms with E-state index < -0.39 is 0 Å². The molecule has 0 bridgehead atoms. The molecule has 0 amide bonds. The number of hydrogen-bond donors (Lipinski definition) is 1. The van der Waals surface area contributed by atoms with Gasteiger partial charge in [-0.2, -0.15) is 0 Å². The first-order chi connectivity index (χ1) is 13.1. The monoisotopic (exact) mass is 367 g/mol. The molecule has 2 aromatic rings. The van der Waals surface area contributed by atoms with Crippen LogP contribution >= 0.6 is 0 Å². The lowest BCUT2D eigenvalue weighted by Crippen LogP contribution is -2.36. The first kappa shape index (κ1) is 18.2. The Labute approximate surface area is 161 Å². The number of para-hydroxylation sites is 1. The zero-order chi connectivity index (χ0) is 19.0. The van der Waals surface area contributed by atoms with Crippen LogP contribution in [0.1, 0.15) is 54.2 Å². The van der Waals surface area contributed by atoms with Crippen molar-refractivity contribution in [2.24, 2.45) is 5.92 Å². The smallest absolute Gasteiger partial charge is 0.165 e. The maximum atomic E-state index is 6.31. The Kier molecular flexibility index (Phi) is 5.00. The van der Waals surface area contributed by atoms with E-state index in [0.717, 1.165) is 36.5 Å². The second kappa shape index (κ2) is 7.43. The number of benzene rings is 2. The predicted octanol–water partition coefficient (Wildman–Crippen LogP) is 5.35. The van der Waals surface area contributed by atoms with Crippen LogP contribution in [0.15, 0.2) is 30.3 Å². The van der Waals surface area contributed by atoms with Crippen molar-refractivity contribution in [1.82, 2.24) is 0 Å². The summed E-state index contributed by atoms with van der Waals surface area (Å²) in [5.41, 5.74) is 6.21. The van der Waals surface area contributed by atoms with Gasteiger partial charge in [-0.3, -0.25) is 0 Å². The van der Waals surface area contributed by atoms with Crippen LogP contribution in [-0.2, 0) is 4.74 Å². The van der Waals surface area contributed by atoms with Gasteiger partial charge in [0.2, 0.25) is 0 Å². The summed E-state index contributed by atoms with van der Waals surface area (Å²) < 4.78 is 17.9. The summed E-state index contributed by atoms with van der Waals surface area (Å²) in [5.74, 6) is 2.01. The summed E-state index contributed by atoms with van der Waals surface area (Å²) in [6, 6.07) is 10.8. The van der Waals surface area contributed by atoms with Crippen molar-refractivity contribution in [2.45, 2.75) is 45.8 Å². The first-order valence-corrected chi connectivity index (χ1v) is 9.93. The molecule has 4 rings (SSSR count). The molecule has 1 N–H and O–H groups in total. The number of rotatable bonds is 4. The molecule has 2 heterocycles. The molecule has 0 spiro atoms. The molecular weight excluding hydrogens is 338 g/mol. The second-order valence-corrected chi connectivity index (χ2v) is 7.58. The molecule has 1 saturated heterocycles. The summed E-state index contributed by atoms with van der Waals surface area (Å²) in [6.45, 7) is 7.78. The zero-order valence-electron chi connectivity index (χ0n) is 16.7. The summed E-state index contributed by atoms with van der Waals surface area (Å²) in [5, 5.41) is 3.84. The van der Waals surface area contributed by atoms with Crippen molar-refractivity contribution in [3.8, 4) is 11.5 Å². The minimum atomic E-state index is 0.124. The third-order valence-corrected chi connectivity index (χ3v) is 5.76. The molecule has 0 aromatic heterocycles. The van der Waals surface area contributed by atoms with Crippen LogP contribution in [0.3, 0.4) is 0 Å². The van der Waals surface area contributed by atoms with Crippen LogP contribution in [0.4, 0.5) is 5.69 Å². The van der Waals surface area contributed by atoms with Gasteiger partial charge in [0.05, 0.1) is 25.9 Å². The second-order valence-electron chi connectivity index (χ2n) is 7.58. The number of hydrogen-bond acceptors (Lipinski definition) is 4. The zero-order valence-corrected chi connectivity index (χ0v) is 16.7. The van der Waals surface area contributed by atoms with E-state index >= 15 is 0 Å². The van der Waals surface area contributed by atoms with Gasteiger partial charge in [-0.25, -0.2) is 0 Å². The average molecular weight is 367 g/mol. The van der Waals surface area contributed by atoms with E-state index in [1.165, 1.54) is 22.4 Å². The lowest BCUT2D eigenvalue weighted by molar-refractivity contribution is -0.0384. The Morgan fingerprint density at radius 3 is 2.81 bits per heavy atom. The molecule has 3 unspecified atom stereocenters. The molecule has 0 radical (unpaired) electrons. The van der Waals surface area contributed by atoms with Crippen LogP contribution in [0.5, 0.6) is 11.5 Å². The molecule has 0 saturated carbocycles. The van der Waals surface area contributed by atoms with Gasteiger partial charge in [0.1, 0.15) is 0 Å². The van der Waals surface area contributed by atoms with Gasteiger partial charge in [0.15, 0.2) is 11.5 Å². The fourth-order valence-corrected chi connectivity index (χ4v) is 4.72. The number of nitrogens with one attached hydrogen (secondary N) is 1. The maximum Gasteiger partial charge on any atom is 0.165 e. The molecule has 3 atom stereocenters. The lowest BCUT2D eigenvalue weighted by Gasteiger charge is -2.44. The molecule has 4 nitrogen and oxygen atoms in total. The van der Waals surface area contributed by atoms with Crippen molar-refractivity contribution < 1.29 is 14.2 Å². The maximum absolute atomic E-state index is 6.31. The average Bonchev–Trinajstić information content (AvgIpc) is 2.67. The molecule has 4 heteroatoms. The van der Waals surface area contributed by atoms with Crippen molar-refractivity contribution in [1.29, 1.82) is 0 Å². The topological polar surface area (TPSA) is 39.7 Å². The molecule has 2 aliphatic heterocycles. The lowest BCUT2D eigenvalue weighted by atomic mass is 9.76. The Hall–Kier alpha value is -2.20. The van der Waals surface area contributed by atoms with Crippen LogP contribution in [0.25, 0.3) is 0 Å². The molecular formula is C23H29NO3. The van der Waals surface area contributed by atoms with E-state index in [1.54, 1.807) is 7.11 Å². The molecule has 27 heavy (non-hydrogen) atoms. The molecule has 2 aromatic carbocycles. The quantitative estimate of drug-likeness (QED) is 0.791. The van der Waals surface area contributed by atoms with Crippen LogP contribution in [0, 0.1) is 19.8 Å². The van der Waals surface area contributed by atoms with Crippen molar-refractivity contribution in [2.75, 3.05) is 25.6 Å². The Morgan fingerprint density at radius 1 is 1.19 bits per heavy atom. The van der Waals surface area contributed by atoms with Crippen molar-refractivity contribution in [3.63, 3.8) is 0 Å². The number of aryl methyl sites for hydroxylation is 2. The third-order valence-electron chi connectivity index (χ3n) is 5.76. The highest BCUT2D eigenvalue weighted by molar-refractivity contribution is 5.64. The predicted molar refractivity (Wildman–Crippen MR) is 108 cm³/mol. The highest BCUT2D eigenvalue weighted by Gasteiger charge is 2.41. The molecule has 144 valence electrons. The van der Waals surface area contributed by atoms with E-state index in [9.17, 15) is 0 Å². The minimum Gasteiger partial charge on any atom is -0.492 e. The highest BCUT2D eigenvalue weighted by Crippen LogP contribution is 2.52. The number of ether oxygens (including phenoxy) is 3. The summed E-state index contributed by atoms with van der Waals surface area (Å²) in [4.78, 5) is 0. The Morgan fingerprint density at radius 2 is 2.04 bits per heavy atom. The van der Waals surface area contributed by atoms with Crippen molar-refractivity contribution >= 4 is 5.69 Å². The fourth-order valence-electron chi connectivity index (χ4n) is 4.72. The van der Waals surface area contributed by atoms with E-state index in [1.807, 2.05) is 13.0 Å². The molecule has 1 fully saturated rings. The number of anilines is 1. The SMILES string of the molecule is CCOc1cccc(C2Nc3c(C)cc(C)cc3C3OCCCC23)c1OC. The normalized spacial score (nSPS) is 23.8. The van der Waals surface area contributed by atoms with Gasteiger partial charge in [-0.1, -0.05) is 29.8 Å². The molecule has 0 aliphatic carbocycles. The summed E-state index contributed by atoms with van der Waals surface area (Å²) in [6.07, 6.45) is 2.35. The highest BCUT2D eigenvalue weighted by atomic mass is 16.5. The van der Waals surface area contributed by atoms with E-state index in [2.05, 4.69) is 43.4 Å². The van der Waals surface area contributed by atoms with Gasteiger partial charge in [0, 0.05) is 29.3 Å². The number of fused-ring (bicyclic) bond motifs is 3. The van der Waals surface area contributed by atoms with Gasteiger partial charge in [-0.05, 0) is 45.2 Å². The number of methoxy groups -OCH3 is 1. The van der Waals surface area contributed by atoms with Gasteiger partial charge in [0.25, 0.3) is 0 Å². The molecule has 2 aliphatic rings. The van der Waals surface area contributed by atoms with Crippen LogP contribution < -0.4 is 14.8 Å². The standard InChI is InChI=1S/C23H29NO3/c1-5-26-19-10-6-8-17(23(19)25-4)21-16-9-7-11-27-22(16)18-13-14(2)12-15(3)20(18)24-21/h6,8,10,12-13,16,21-22,24H,5,7,9,11H2,1-4H3. The summed E-state index contributed by atoms with van der Waals surface area (Å²) >= 11 is 0. The first-order valence-electron chi connectivity index (χ1n) is 9.93. The van der Waals surface area contributed by atoms with Gasteiger partial charge in [-0.15, -0.1) is 0 Å².